The van der Waals surface area contributed by atoms with Crippen LogP contribution in [0.3, 0.4) is 0 Å². The van der Waals surface area contributed by atoms with E-state index in [1.165, 1.54) is 0 Å². The summed E-state index contributed by atoms with van der Waals surface area (Å²) in [6.45, 7) is 0.626. The summed E-state index contributed by atoms with van der Waals surface area (Å²) in [7, 11) is 1.74. The standard InChI is InChI=1S/C15H24N2O4/c1-17(7-8-4-11(18)5-8)15(21)16-13-10-3-2-9(6-10)12(13)14(19)20/h8-13,18H,2-7H2,1H3,(H,16,21)(H,19,20). The van der Waals surface area contributed by atoms with E-state index >= 15 is 0 Å². The fourth-order valence-electron chi connectivity index (χ4n) is 4.43. The number of aliphatic hydroxyl groups excluding tert-OH is 1. The molecule has 0 aromatic rings. The maximum Gasteiger partial charge on any atom is 0.317 e. The molecule has 4 atom stereocenters. The van der Waals surface area contributed by atoms with Gasteiger partial charge in [0.25, 0.3) is 0 Å². The lowest BCUT2D eigenvalue weighted by Gasteiger charge is -2.36. The van der Waals surface area contributed by atoms with E-state index in [4.69, 9.17) is 0 Å². The molecule has 6 heteroatoms. The molecule has 3 fully saturated rings. The second-order valence-electron chi connectivity index (χ2n) is 7.04. The second-order valence-corrected chi connectivity index (χ2v) is 7.04. The summed E-state index contributed by atoms with van der Waals surface area (Å²) < 4.78 is 0. The minimum Gasteiger partial charge on any atom is -0.481 e. The molecule has 0 aliphatic heterocycles. The van der Waals surface area contributed by atoms with Crippen LogP contribution in [0.4, 0.5) is 4.79 Å². The van der Waals surface area contributed by atoms with Crippen molar-refractivity contribution in [2.24, 2.45) is 23.7 Å². The number of carbonyl (C=O) groups excluding carboxylic acids is 1. The molecule has 118 valence electrons. The molecule has 2 amide bonds. The summed E-state index contributed by atoms with van der Waals surface area (Å²) in [5.74, 6) is -0.293. The van der Waals surface area contributed by atoms with Gasteiger partial charge in [-0.3, -0.25) is 4.79 Å². The van der Waals surface area contributed by atoms with Crippen LogP contribution < -0.4 is 5.32 Å². The SMILES string of the molecule is CN(CC1CC(O)C1)C(=O)NC1C2CCC(C2)C1C(=O)O. The van der Waals surface area contributed by atoms with Gasteiger partial charge < -0.3 is 20.4 Å². The van der Waals surface area contributed by atoms with Crippen LogP contribution in [-0.4, -0.2) is 52.9 Å². The van der Waals surface area contributed by atoms with Gasteiger partial charge in [-0.25, -0.2) is 4.79 Å². The van der Waals surface area contributed by atoms with Crippen molar-refractivity contribution in [3.63, 3.8) is 0 Å². The normalized spacial score (nSPS) is 40.7. The first-order chi connectivity index (χ1) is 9.95. The first-order valence-electron chi connectivity index (χ1n) is 7.88. The smallest absolute Gasteiger partial charge is 0.317 e. The molecule has 2 bridgehead atoms. The Morgan fingerprint density at radius 1 is 1.19 bits per heavy atom. The summed E-state index contributed by atoms with van der Waals surface area (Å²) in [5, 5.41) is 21.6. The number of rotatable bonds is 4. The Labute approximate surface area is 124 Å². The second kappa shape index (κ2) is 5.48. The number of urea groups is 1. The summed E-state index contributed by atoms with van der Waals surface area (Å²) >= 11 is 0. The molecule has 0 aromatic carbocycles. The number of aliphatic hydroxyl groups is 1. The maximum atomic E-state index is 12.3. The third kappa shape index (κ3) is 2.73. The Morgan fingerprint density at radius 3 is 2.48 bits per heavy atom. The molecular weight excluding hydrogens is 272 g/mol. The number of fused-ring (bicyclic) bond motifs is 2. The first-order valence-corrected chi connectivity index (χ1v) is 7.88. The van der Waals surface area contributed by atoms with Gasteiger partial charge in [-0.05, 0) is 49.9 Å². The quantitative estimate of drug-likeness (QED) is 0.719. The lowest BCUT2D eigenvalue weighted by Crippen LogP contribution is -2.52. The van der Waals surface area contributed by atoms with Crippen LogP contribution in [-0.2, 0) is 4.79 Å². The Hall–Kier alpha value is -1.30. The third-order valence-electron chi connectivity index (χ3n) is 5.58. The highest BCUT2D eigenvalue weighted by Crippen LogP contribution is 2.48. The van der Waals surface area contributed by atoms with E-state index in [-0.39, 0.29) is 24.1 Å². The number of amides is 2. The Morgan fingerprint density at radius 2 is 1.86 bits per heavy atom. The van der Waals surface area contributed by atoms with Crippen LogP contribution in [0.1, 0.15) is 32.1 Å². The van der Waals surface area contributed by atoms with E-state index in [0.29, 0.717) is 18.4 Å². The summed E-state index contributed by atoms with van der Waals surface area (Å²) in [6.07, 6.45) is 4.23. The average Bonchev–Trinajstić information content (AvgIpc) is 2.97. The van der Waals surface area contributed by atoms with Gasteiger partial charge >= 0.3 is 12.0 Å². The lowest BCUT2D eigenvalue weighted by atomic mass is 9.82. The highest BCUT2D eigenvalue weighted by atomic mass is 16.4. The molecule has 3 aliphatic rings. The zero-order valence-electron chi connectivity index (χ0n) is 12.4. The number of hydrogen-bond acceptors (Lipinski definition) is 3. The van der Waals surface area contributed by atoms with E-state index in [9.17, 15) is 19.8 Å². The van der Waals surface area contributed by atoms with Crippen molar-refractivity contribution in [1.29, 1.82) is 0 Å². The largest absolute Gasteiger partial charge is 0.481 e. The molecule has 3 rings (SSSR count). The van der Waals surface area contributed by atoms with E-state index in [2.05, 4.69) is 5.32 Å². The summed E-state index contributed by atoms with van der Waals surface area (Å²) in [5.41, 5.74) is 0. The van der Waals surface area contributed by atoms with Crippen molar-refractivity contribution >= 4 is 12.0 Å². The highest BCUT2D eigenvalue weighted by Gasteiger charge is 2.51. The van der Waals surface area contributed by atoms with Gasteiger partial charge in [-0.1, -0.05) is 0 Å². The zero-order chi connectivity index (χ0) is 15.1. The molecule has 0 spiro atoms. The molecule has 0 saturated heterocycles. The van der Waals surface area contributed by atoms with Gasteiger partial charge in [-0.2, -0.15) is 0 Å². The number of aliphatic carboxylic acids is 1. The van der Waals surface area contributed by atoms with Crippen molar-refractivity contribution in [3.8, 4) is 0 Å². The zero-order valence-corrected chi connectivity index (χ0v) is 12.4. The van der Waals surface area contributed by atoms with Crippen LogP contribution in [0.2, 0.25) is 0 Å². The van der Waals surface area contributed by atoms with Crippen molar-refractivity contribution in [2.75, 3.05) is 13.6 Å². The van der Waals surface area contributed by atoms with Crippen LogP contribution >= 0.6 is 0 Å². The molecule has 3 aliphatic carbocycles. The van der Waals surface area contributed by atoms with Crippen molar-refractivity contribution in [2.45, 2.75) is 44.2 Å². The van der Waals surface area contributed by atoms with Gasteiger partial charge in [0.15, 0.2) is 0 Å². The molecule has 4 unspecified atom stereocenters. The van der Waals surface area contributed by atoms with Crippen molar-refractivity contribution in [1.82, 2.24) is 10.2 Å². The van der Waals surface area contributed by atoms with Crippen LogP contribution in [0.25, 0.3) is 0 Å². The molecule has 0 heterocycles. The molecule has 0 aromatic heterocycles. The monoisotopic (exact) mass is 296 g/mol. The first kappa shape index (κ1) is 14.6. The fraction of sp³-hybridized carbons (Fsp3) is 0.867. The molecule has 3 saturated carbocycles. The minimum atomic E-state index is -0.780. The predicted octanol–water partition coefficient (Wildman–Crippen LogP) is 0.898. The van der Waals surface area contributed by atoms with Gasteiger partial charge in [-0.15, -0.1) is 0 Å². The van der Waals surface area contributed by atoms with Gasteiger partial charge in [0.2, 0.25) is 0 Å². The average molecular weight is 296 g/mol. The van der Waals surface area contributed by atoms with Gasteiger partial charge in [0.1, 0.15) is 0 Å². The van der Waals surface area contributed by atoms with Crippen LogP contribution in [0.15, 0.2) is 0 Å². The number of carboxylic acids is 1. The van der Waals surface area contributed by atoms with Crippen LogP contribution in [0, 0.1) is 23.7 Å². The Kier molecular flexibility index (Phi) is 3.82. The highest BCUT2D eigenvalue weighted by molar-refractivity contribution is 5.77. The number of carboxylic acid groups (broad SMARTS) is 1. The van der Waals surface area contributed by atoms with E-state index < -0.39 is 11.9 Å². The number of nitrogens with zero attached hydrogens (tertiary/aromatic N) is 1. The number of carbonyl (C=O) groups is 2. The molecule has 6 nitrogen and oxygen atoms in total. The molecule has 3 N–H and O–H groups in total. The van der Waals surface area contributed by atoms with E-state index in [1.807, 2.05) is 0 Å². The van der Waals surface area contributed by atoms with Gasteiger partial charge in [0, 0.05) is 19.6 Å². The Bertz CT molecular complexity index is 435. The van der Waals surface area contributed by atoms with E-state index in [1.54, 1.807) is 11.9 Å². The maximum absolute atomic E-state index is 12.3. The fourth-order valence-corrected chi connectivity index (χ4v) is 4.43. The molecule has 0 radical (unpaired) electrons. The lowest BCUT2D eigenvalue weighted by molar-refractivity contribution is -0.144. The number of nitrogens with one attached hydrogen (secondary N) is 1. The van der Waals surface area contributed by atoms with E-state index in [0.717, 1.165) is 32.1 Å². The summed E-state index contributed by atoms with van der Waals surface area (Å²) in [4.78, 5) is 25.3. The predicted molar refractivity (Wildman–Crippen MR) is 75.6 cm³/mol. The third-order valence-corrected chi connectivity index (χ3v) is 5.58. The Balaban J connectivity index is 1.55. The minimum absolute atomic E-state index is 0.180. The molecule has 21 heavy (non-hydrogen) atoms. The van der Waals surface area contributed by atoms with Crippen molar-refractivity contribution in [3.05, 3.63) is 0 Å². The van der Waals surface area contributed by atoms with Gasteiger partial charge in [0.05, 0.1) is 12.0 Å². The molecular formula is C15H24N2O4. The topological polar surface area (TPSA) is 89.9 Å². The van der Waals surface area contributed by atoms with Crippen LogP contribution in [0.5, 0.6) is 0 Å². The van der Waals surface area contributed by atoms with Crippen molar-refractivity contribution < 1.29 is 19.8 Å². The number of hydrogen-bond donors (Lipinski definition) is 3. The summed E-state index contributed by atoms with van der Waals surface area (Å²) in [6, 6.07) is -0.400.